The summed E-state index contributed by atoms with van der Waals surface area (Å²) < 4.78 is 7.10. The number of hydrogen-bond donors (Lipinski definition) is 1. The molecule has 1 N–H and O–H groups in total. The second-order valence-electron chi connectivity index (χ2n) is 6.38. The highest BCUT2D eigenvalue weighted by atomic mass is 16.5. The number of para-hydroxylation sites is 1. The Hall–Kier alpha value is -2.89. The van der Waals surface area contributed by atoms with E-state index in [1.165, 1.54) is 0 Å². The van der Waals surface area contributed by atoms with Crippen LogP contribution in [0.4, 0.5) is 5.82 Å². The molecule has 1 aromatic carbocycles. The van der Waals surface area contributed by atoms with Gasteiger partial charge in [0, 0.05) is 17.4 Å². The van der Waals surface area contributed by atoms with Crippen LogP contribution in [0.5, 0.6) is 5.75 Å². The smallest absolute Gasteiger partial charge is 0.228 e. The number of hydrogen-bond acceptors (Lipinski definition) is 4. The fourth-order valence-corrected chi connectivity index (χ4v) is 2.68. The molecule has 1 amide bonds. The largest absolute Gasteiger partial charge is 0.494 e. The van der Waals surface area contributed by atoms with Gasteiger partial charge in [0.2, 0.25) is 5.91 Å². The fourth-order valence-electron chi connectivity index (χ4n) is 2.68. The molecule has 0 aliphatic carbocycles. The van der Waals surface area contributed by atoms with E-state index in [4.69, 9.17) is 9.72 Å². The third-order valence-electron chi connectivity index (χ3n) is 4.04. The number of pyridine rings is 1. The number of aryl methyl sites for hydroxylation is 2. The Bertz CT molecular complexity index is 944. The third kappa shape index (κ3) is 3.20. The number of rotatable bonds is 4. The van der Waals surface area contributed by atoms with Crippen molar-refractivity contribution >= 4 is 22.6 Å². The van der Waals surface area contributed by atoms with Gasteiger partial charge < -0.3 is 10.1 Å². The van der Waals surface area contributed by atoms with Crippen LogP contribution in [0.25, 0.3) is 16.7 Å². The molecular formula is C19H22N4O2. The molecular weight excluding hydrogens is 316 g/mol. The fraction of sp³-hybridized carbons (Fsp3) is 0.316. The van der Waals surface area contributed by atoms with Gasteiger partial charge in [-0.15, -0.1) is 0 Å². The maximum absolute atomic E-state index is 12.1. The standard InChI is InChI=1S/C19H22N4O2/c1-11(2)19(24)21-17-10-13(4)22-23(17)16-9-12(3)14-7-6-8-15(25-5)18(14)20-16/h6-11H,1-5H3,(H,21,24). The van der Waals surface area contributed by atoms with Crippen LogP contribution in [0.2, 0.25) is 0 Å². The van der Waals surface area contributed by atoms with Crippen molar-refractivity contribution in [3.05, 3.63) is 41.6 Å². The van der Waals surface area contributed by atoms with E-state index in [0.29, 0.717) is 17.4 Å². The predicted octanol–water partition coefficient (Wildman–Crippen LogP) is 3.64. The van der Waals surface area contributed by atoms with Crippen LogP contribution in [0.3, 0.4) is 0 Å². The molecule has 3 aromatic rings. The number of amides is 1. The van der Waals surface area contributed by atoms with Crippen molar-refractivity contribution in [2.75, 3.05) is 12.4 Å². The lowest BCUT2D eigenvalue weighted by Crippen LogP contribution is -2.20. The second kappa shape index (κ2) is 6.55. The number of nitrogens with zero attached hydrogens (tertiary/aromatic N) is 3. The Balaban J connectivity index is 2.15. The van der Waals surface area contributed by atoms with Gasteiger partial charge in [0.25, 0.3) is 0 Å². The van der Waals surface area contributed by atoms with E-state index in [1.54, 1.807) is 11.8 Å². The van der Waals surface area contributed by atoms with E-state index in [0.717, 1.165) is 22.2 Å². The van der Waals surface area contributed by atoms with Crippen molar-refractivity contribution < 1.29 is 9.53 Å². The van der Waals surface area contributed by atoms with Gasteiger partial charge in [-0.05, 0) is 31.5 Å². The summed E-state index contributed by atoms with van der Waals surface area (Å²) in [5.74, 6) is 1.78. The average molecular weight is 338 g/mol. The zero-order chi connectivity index (χ0) is 18.1. The first-order chi connectivity index (χ1) is 11.9. The minimum absolute atomic E-state index is 0.0590. The topological polar surface area (TPSA) is 69.0 Å². The van der Waals surface area contributed by atoms with E-state index < -0.39 is 0 Å². The van der Waals surface area contributed by atoms with Crippen molar-refractivity contribution in [2.24, 2.45) is 5.92 Å². The number of methoxy groups -OCH3 is 1. The SMILES string of the molecule is COc1cccc2c(C)cc(-n3nc(C)cc3NC(=O)C(C)C)nc12. The predicted molar refractivity (Wildman–Crippen MR) is 98.4 cm³/mol. The van der Waals surface area contributed by atoms with Gasteiger partial charge in [-0.2, -0.15) is 9.78 Å². The molecule has 2 aromatic heterocycles. The Kier molecular flexibility index (Phi) is 4.44. The maximum Gasteiger partial charge on any atom is 0.228 e. The summed E-state index contributed by atoms with van der Waals surface area (Å²) in [4.78, 5) is 16.8. The molecule has 0 bridgehead atoms. The first-order valence-corrected chi connectivity index (χ1v) is 8.23. The maximum atomic E-state index is 12.1. The number of carbonyl (C=O) groups is 1. The molecule has 0 aliphatic heterocycles. The van der Waals surface area contributed by atoms with Gasteiger partial charge in [-0.25, -0.2) is 4.98 Å². The van der Waals surface area contributed by atoms with Crippen molar-refractivity contribution in [3.63, 3.8) is 0 Å². The van der Waals surface area contributed by atoms with Gasteiger partial charge in [0.1, 0.15) is 17.1 Å². The molecule has 0 aliphatic rings. The van der Waals surface area contributed by atoms with Crippen LogP contribution in [-0.4, -0.2) is 27.8 Å². The van der Waals surface area contributed by atoms with Crippen LogP contribution in [0.15, 0.2) is 30.3 Å². The van der Waals surface area contributed by atoms with Gasteiger partial charge in [-0.3, -0.25) is 4.79 Å². The highest BCUT2D eigenvalue weighted by Gasteiger charge is 2.16. The molecule has 0 saturated carbocycles. The number of benzene rings is 1. The number of ether oxygens (including phenoxy) is 1. The summed E-state index contributed by atoms with van der Waals surface area (Å²) >= 11 is 0. The monoisotopic (exact) mass is 338 g/mol. The van der Waals surface area contributed by atoms with Gasteiger partial charge >= 0.3 is 0 Å². The van der Waals surface area contributed by atoms with Crippen LogP contribution >= 0.6 is 0 Å². The summed E-state index contributed by atoms with van der Waals surface area (Å²) in [5.41, 5.74) is 2.64. The highest BCUT2D eigenvalue weighted by Crippen LogP contribution is 2.28. The summed E-state index contributed by atoms with van der Waals surface area (Å²) in [6.45, 7) is 7.62. The van der Waals surface area contributed by atoms with Gasteiger partial charge in [-0.1, -0.05) is 26.0 Å². The Morgan fingerprint density at radius 2 is 2.00 bits per heavy atom. The molecule has 0 unspecified atom stereocenters. The van der Waals surface area contributed by atoms with E-state index >= 15 is 0 Å². The molecule has 0 spiro atoms. The molecule has 0 radical (unpaired) electrons. The lowest BCUT2D eigenvalue weighted by Gasteiger charge is -2.13. The molecule has 2 heterocycles. The highest BCUT2D eigenvalue weighted by molar-refractivity contribution is 5.92. The molecule has 6 heteroatoms. The summed E-state index contributed by atoms with van der Waals surface area (Å²) in [5, 5.41) is 8.44. The van der Waals surface area contributed by atoms with Crippen molar-refractivity contribution in [1.82, 2.24) is 14.8 Å². The first-order valence-electron chi connectivity index (χ1n) is 8.23. The Morgan fingerprint density at radius 1 is 1.24 bits per heavy atom. The first kappa shape index (κ1) is 17.0. The average Bonchev–Trinajstić information content (AvgIpc) is 2.94. The Morgan fingerprint density at radius 3 is 2.68 bits per heavy atom. The molecule has 3 rings (SSSR count). The van der Waals surface area contributed by atoms with E-state index in [2.05, 4.69) is 10.4 Å². The zero-order valence-electron chi connectivity index (χ0n) is 15.1. The minimum atomic E-state index is -0.116. The normalized spacial score (nSPS) is 11.1. The number of anilines is 1. The van der Waals surface area contributed by atoms with Crippen molar-refractivity contribution in [1.29, 1.82) is 0 Å². The van der Waals surface area contributed by atoms with Crippen LogP contribution in [-0.2, 0) is 4.79 Å². The van der Waals surface area contributed by atoms with Crippen LogP contribution in [0.1, 0.15) is 25.1 Å². The number of carbonyl (C=O) groups excluding carboxylic acids is 1. The molecule has 0 atom stereocenters. The summed E-state index contributed by atoms with van der Waals surface area (Å²) in [6.07, 6.45) is 0. The van der Waals surface area contributed by atoms with Crippen LogP contribution in [0, 0.1) is 19.8 Å². The summed E-state index contributed by atoms with van der Waals surface area (Å²) in [6, 6.07) is 9.64. The van der Waals surface area contributed by atoms with Crippen molar-refractivity contribution in [2.45, 2.75) is 27.7 Å². The molecule has 0 fully saturated rings. The summed E-state index contributed by atoms with van der Waals surface area (Å²) in [7, 11) is 1.63. The van der Waals surface area contributed by atoms with Crippen LogP contribution < -0.4 is 10.1 Å². The number of nitrogens with one attached hydrogen (secondary N) is 1. The molecule has 130 valence electrons. The molecule has 25 heavy (non-hydrogen) atoms. The zero-order valence-corrected chi connectivity index (χ0v) is 15.1. The lowest BCUT2D eigenvalue weighted by atomic mass is 10.1. The Labute approximate surface area is 146 Å². The van der Waals surface area contributed by atoms with E-state index in [9.17, 15) is 4.79 Å². The van der Waals surface area contributed by atoms with Gasteiger partial charge in [0.15, 0.2) is 5.82 Å². The van der Waals surface area contributed by atoms with E-state index in [-0.39, 0.29) is 11.8 Å². The minimum Gasteiger partial charge on any atom is -0.494 e. The van der Waals surface area contributed by atoms with E-state index in [1.807, 2.05) is 58.0 Å². The van der Waals surface area contributed by atoms with Crippen molar-refractivity contribution in [3.8, 4) is 11.6 Å². The third-order valence-corrected chi connectivity index (χ3v) is 4.04. The molecule has 6 nitrogen and oxygen atoms in total. The number of aromatic nitrogens is 3. The lowest BCUT2D eigenvalue weighted by molar-refractivity contribution is -0.118. The molecule has 0 saturated heterocycles. The van der Waals surface area contributed by atoms with Gasteiger partial charge in [0.05, 0.1) is 12.8 Å². The second-order valence-corrected chi connectivity index (χ2v) is 6.38. The quantitative estimate of drug-likeness (QED) is 0.788. The number of fused-ring (bicyclic) bond motifs is 1.